The number of nitrogens with two attached hydrogens (primary N) is 1. The Kier molecular flexibility index (Phi) is 3.30. The molecule has 1 aliphatic heterocycles. The summed E-state index contributed by atoms with van der Waals surface area (Å²) in [5.41, 5.74) is 5.02. The second-order valence-corrected chi connectivity index (χ2v) is 6.68. The van der Waals surface area contributed by atoms with Crippen molar-refractivity contribution in [1.82, 2.24) is 5.32 Å². The van der Waals surface area contributed by atoms with E-state index in [4.69, 9.17) is 18.0 Å². The van der Waals surface area contributed by atoms with Crippen LogP contribution in [-0.4, -0.2) is 32.7 Å². The topological polar surface area (TPSA) is 72.2 Å². The van der Waals surface area contributed by atoms with E-state index in [9.17, 15) is 9.00 Å². The van der Waals surface area contributed by atoms with Gasteiger partial charge in [0.1, 0.15) is 0 Å². The number of hydrogen-bond acceptors (Lipinski definition) is 3. The predicted molar refractivity (Wildman–Crippen MR) is 67.5 cm³/mol. The fourth-order valence-electron chi connectivity index (χ4n) is 1.97. The van der Waals surface area contributed by atoms with Gasteiger partial charge in [-0.15, -0.1) is 0 Å². The molecule has 4 nitrogen and oxygen atoms in total. The molecule has 1 aliphatic carbocycles. The molecule has 0 aromatic heterocycles. The van der Waals surface area contributed by atoms with E-state index in [0.717, 1.165) is 25.7 Å². The van der Waals surface area contributed by atoms with E-state index >= 15 is 0 Å². The minimum Gasteiger partial charge on any atom is -0.392 e. The van der Waals surface area contributed by atoms with E-state index in [1.54, 1.807) is 0 Å². The lowest BCUT2D eigenvalue weighted by Gasteiger charge is -2.24. The molecule has 2 rings (SSSR count). The van der Waals surface area contributed by atoms with Crippen LogP contribution in [0.15, 0.2) is 0 Å². The van der Waals surface area contributed by atoms with E-state index in [0.29, 0.717) is 16.5 Å². The first-order valence-corrected chi connectivity index (χ1v) is 7.40. The van der Waals surface area contributed by atoms with Crippen molar-refractivity contribution in [2.45, 2.75) is 31.7 Å². The highest BCUT2D eigenvalue weighted by Gasteiger charge is 2.53. The van der Waals surface area contributed by atoms with E-state index in [1.807, 2.05) is 0 Å². The summed E-state index contributed by atoms with van der Waals surface area (Å²) in [5, 5.41) is 2.98. The van der Waals surface area contributed by atoms with Crippen molar-refractivity contribution in [3.05, 3.63) is 0 Å². The number of hydrogen-bond donors (Lipinski definition) is 2. The van der Waals surface area contributed by atoms with Crippen molar-refractivity contribution < 1.29 is 9.00 Å². The minimum atomic E-state index is -0.692. The van der Waals surface area contributed by atoms with Gasteiger partial charge in [-0.3, -0.25) is 9.00 Å². The zero-order valence-electron chi connectivity index (χ0n) is 9.03. The fraction of sp³-hybridized carbons (Fsp3) is 0.800. The molecule has 90 valence electrons. The van der Waals surface area contributed by atoms with Gasteiger partial charge in [-0.25, -0.2) is 0 Å². The largest absolute Gasteiger partial charge is 0.392 e. The van der Waals surface area contributed by atoms with Gasteiger partial charge in [-0.1, -0.05) is 12.2 Å². The Bertz CT molecular complexity index is 343. The highest BCUT2D eigenvalue weighted by molar-refractivity contribution is 7.85. The van der Waals surface area contributed by atoms with Crippen molar-refractivity contribution >= 4 is 33.9 Å². The Morgan fingerprint density at radius 2 is 1.94 bits per heavy atom. The van der Waals surface area contributed by atoms with Crippen LogP contribution in [0.5, 0.6) is 0 Å². The predicted octanol–water partition coefficient (Wildman–Crippen LogP) is 0.0800. The molecule has 6 heteroatoms. The van der Waals surface area contributed by atoms with E-state index in [-0.39, 0.29) is 11.9 Å². The van der Waals surface area contributed by atoms with Gasteiger partial charge in [0.25, 0.3) is 0 Å². The average molecular weight is 260 g/mol. The van der Waals surface area contributed by atoms with Crippen LogP contribution in [0.2, 0.25) is 0 Å². The molecule has 3 N–H and O–H groups in total. The maximum Gasteiger partial charge on any atom is 0.233 e. The van der Waals surface area contributed by atoms with Crippen molar-refractivity contribution in [2.24, 2.45) is 11.1 Å². The normalized spacial score (nSPS) is 31.8. The smallest absolute Gasteiger partial charge is 0.233 e. The molecule has 0 aromatic rings. The molecule has 0 bridgehead atoms. The summed E-state index contributed by atoms with van der Waals surface area (Å²) >= 11 is 4.93. The zero-order chi connectivity index (χ0) is 11.8. The number of nitrogens with one attached hydrogen (secondary N) is 1. The van der Waals surface area contributed by atoms with Gasteiger partial charge < -0.3 is 11.1 Å². The van der Waals surface area contributed by atoms with Crippen LogP contribution in [-0.2, 0) is 15.6 Å². The molecule has 1 heterocycles. The zero-order valence-corrected chi connectivity index (χ0v) is 10.7. The third kappa shape index (κ3) is 2.27. The molecule has 1 saturated carbocycles. The SMILES string of the molecule is NC(=S)C1(C(=O)NC2CCS(=O)CC2)CC1. The second kappa shape index (κ2) is 4.41. The quantitative estimate of drug-likeness (QED) is 0.705. The lowest BCUT2D eigenvalue weighted by molar-refractivity contribution is -0.124. The molecule has 16 heavy (non-hydrogen) atoms. The molecule has 0 unspecified atom stereocenters. The van der Waals surface area contributed by atoms with Gasteiger partial charge in [0.05, 0.1) is 10.4 Å². The van der Waals surface area contributed by atoms with Crippen LogP contribution in [0.1, 0.15) is 25.7 Å². The van der Waals surface area contributed by atoms with Crippen LogP contribution in [0.4, 0.5) is 0 Å². The molecule has 2 fully saturated rings. The van der Waals surface area contributed by atoms with Gasteiger partial charge >= 0.3 is 0 Å². The van der Waals surface area contributed by atoms with Gasteiger partial charge in [0, 0.05) is 28.3 Å². The van der Waals surface area contributed by atoms with Crippen LogP contribution in [0.25, 0.3) is 0 Å². The molecular weight excluding hydrogens is 244 g/mol. The van der Waals surface area contributed by atoms with Crippen molar-refractivity contribution in [2.75, 3.05) is 11.5 Å². The molecule has 1 saturated heterocycles. The maximum atomic E-state index is 12.0. The van der Waals surface area contributed by atoms with Gasteiger partial charge in [0.2, 0.25) is 5.91 Å². The lowest BCUT2D eigenvalue weighted by atomic mass is 10.0. The highest BCUT2D eigenvalue weighted by atomic mass is 32.2. The molecule has 0 atom stereocenters. The van der Waals surface area contributed by atoms with Crippen molar-refractivity contribution in [1.29, 1.82) is 0 Å². The number of carbonyl (C=O) groups excluding carboxylic acids is 1. The molecule has 0 aromatic carbocycles. The van der Waals surface area contributed by atoms with Gasteiger partial charge in [0.15, 0.2) is 0 Å². The Balaban J connectivity index is 1.88. The number of amides is 1. The van der Waals surface area contributed by atoms with E-state index in [1.165, 1.54) is 0 Å². The molecule has 0 spiro atoms. The molecule has 1 amide bonds. The lowest BCUT2D eigenvalue weighted by Crippen LogP contribution is -2.46. The molecular formula is C10H16N2O2S2. The Hall–Kier alpha value is -0.490. The molecule has 0 radical (unpaired) electrons. The first-order valence-electron chi connectivity index (χ1n) is 5.50. The standard InChI is InChI=1S/C10H16N2O2S2/c11-8(15)10(3-4-10)9(13)12-7-1-5-16(14)6-2-7/h7H,1-6H2,(H2,11,15)(H,12,13). The first-order chi connectivity index (χ1) is 7.54. The Morgan fingerprint density at radius 1 is 1.38 bits per heavy atom. The van der Waals surface area contributed by atoms with Crippen LogP contribution in [0.3, 0.4) is 0 Å². The Morgan fingerprint density at radius 3 is 2.38 bits per heavy atom. The van der Waals surface area contributed by atoms with Crippen molar-refractivity contribution in [3.8, 4) is 0 Å². The van der Waals surface area contributed by atoms with Crippen LogP contribution in [0, 0.1) is 5.41 Å². The molecule has 2 aliphatic rings. The van der Waals surface area contributed by atoms with Crippen molar-refractivity contribution in [3.63, 3.8) is 0 Å². The fourth-order valence-corrected chi connectivity index (χ4v) is 3.57. The van der Waals surface area contributed by atoms with E-state index in [2.05, 4.69) is 5.32 Å². The average Bonchev–Trinajstić information content (AvgIpc) is 3.02. The summed E-state index contributed by atoms with van der Waals surface area (Å²) in [6.07, 6.45) is 3.14. The summed E-state index contributed by atoms with van der Waals surface area (Å²) < 4.78 is 11.2. The van der Waals surface area contributed by atoms with Gasteiger partial charge in [-0.2, -0.15) is 0 Å². The second-order valence-electron chi connectivity index (χ2n) is 4.54. The summed E-state index contributed by atoms with van der Waals surface area (Å²) in [5.74, 6) is 1.34. The third-order valence-corrected chi connectivity index (χ3v) is 5.15. The van der Waals surface area contributed by atoms with Gasteiger partial charge in [-0.05, 0) is 25.7 Å². The van der Waals surface area contributed by atoms with Crippen LogP contribution >= 0.6 is 12.2 Å². The number of carbonyl (C=O) groups is 1. The minimum absolute atomic E-state index is 0.0299. The maximum absolute atomic E-state index is 12.0. The first kappa shape index (κ1) is 12.0. The summed E-state index contributed by atoms with van der Waals surface area (Å²) in [7, 11) is -0.692. The van der Waals surface area contributed by atoms with Crippen LogP contribution < -0.4 is 11.1 Å². The summed E-state index contributed by atoms with van der Waals surface area (Å²) in [4.78, 5) is 12.3. The van der Waals surface area contributed by atoms with E-state index < -0.39 is 16.2 Å². The number of rotatable bonds is 3. The summed E-state index contributed by atoms with van der Waals surface area (Å²) in [6.45, 7) is 0. The highest BCUT2D eigenvalue weighted by Crippen LogP contribution is 2.46. The Labute approximate surface area is 103 Å². The summed E-state index contributed by atoms with van der Waals surface area (Å²) in [6, 6.07) is 0.150. The third-order valence-electron chi connectivity index (χ3n) is 3.38. The number of thiocarbonyl (C=S) groups is 1. The monoisotopic (exact) mass is 260 g/mol.